The van der Waals surface area contributed by atoms with Crippen molar-refractivity contribution in [1.29, 1.82) is 0 Å². The summed E-state index contributed by atoms with van der Waals surface area (Å²) >= 11 is 6.39. The number of nitrogens with zero attached hydrogens (tertiary/aromatic N) is 1. The van der Waals surface area contributed by atoms with Gasteiger partial charge in [-0.3, -0.25) is 4.31 Å². The topological polar surface area (TPSA) is 37.4 Å². The van der Waals surface area contributed by atoms with Crippen LogP contribution in [-0.2, 0) is 15.4 Å². The van der Waals surface area contributed by atoms with Crippen molar-refractivity contribution >= 4 is 27.3 Å². The normalized spacial score (nSPS) is 16.3. The van der Waals surface area contributed by atoms with Crippen LogP contribution in [-0.4, -0.2) is 21.7 Å². The Morgan fingerprint density at radius 2 is 1.80 bits per heavy atom. The van der Waals surface area contributed by atoms with Crippen molar-refractivity contribution in [2.45, 2.75) is 44.9 Å². The fourth-order valence-corrected chi connectivity index (χ4v) is 3.15. The van der Waals surface area contributed by atoms with Crippen LogP contribution in [0.15, 0.2) is 12.1 Å². The largest absolute Gasteiger partial charge is 0.273 e. The van der Waals surface area contributed by atoms with Crippen LogP contribution in [0.3, 0.4) is 0 Å². The Kier molecular flexibility index (Phi) is 3.85. The summed E-state index contributed by atoms with van der Waals surface area (Å²) in [6.45, 7) is 6.19. The quantitative estimate of drug-likeness (QED) is 0.848. The van der Waals surface area contributed by atoms with Gasteiger partial charge in [0.2, 0.25) is 10.0 Å². The Morgan fingerprint density at radius 1 is 1.25 bits per heavy atom. The van der Waals surface area contributed by atoms with Gasteiger partial charge in [0.1, 0.15) is 0 Å². The molecule has 1 fully saturated rings. The van der Waals surface area contributed by atoms with Crippen molar-refractivity contribution in [3.63, 3.8) is 0 Å². The maximum atomic E-state index is 11.9. The zero-order chi connectivity index (χ0) is 15.3. The lowest BCUT2D eigenvalue weighted by Crippen LogP contribution is -2.28. The summed E-state index contributed by atoms with van der Waals surface area (Å²) < 4.78 is 25.1. The van der Waals surface area contributed by atoms with E-state index in [1.54, 1.807) is 7.05 Å². The van der Waals surface area contributed by atoms with Gasteiger partial charge in [0.15, 0.2) is 0 Å². The smallest absolute Gasteiger partial charge is 0.232 e. The second-order valence-electron chi connectivity index (χ2n) is 6.65. The molecule has 0 spiro atoms. The molecule has 112 valence electrons. The van der Waals surface area contributed by atoms with Crippen molar-refractivity contribution in [2.75, 3.05) is 17.6 Å². The van der Waals surface area contributed by atoms with E-state index in [0.29, 0.717) is 5.92 Å². The van der Waals surface area contributed by atoms with Gasteiger partial charge in [0.05, 0.1) is 11.9 Å². The Morgan fingerprint density at radius 3 is 2.20 bits per heavy atom. The minimum atomic E-state index is -3.28. The lowest BCUT2D eigenvalue weighted by Gasteiger charge is -2.29. The summed E-state index contributed by atoms with van der Waals surface area (Å²) in [5, 5.41) is 0.753. The molecule has 1 aliphatic rings. The zero-order valence-electron chi connectivity index (χ0n) is 12.7. The second-order valence-corrected chi connectivity index (χ2v) is 9.07. The van der Waals surface area contributed by atoms with Crippen molar-refractivity contribution in [2.24, 2.45) is 0 Å². The van der Waals surface area contributed by atoms with Crippen LogP contribution in [0, 0.1) is 0 Å². The van der Waals surface area contributed by atoms with Crippen molar-refractivity contribution in [3.05, 3.63) is 28.3 Å². The summed E-state index contributed by atoms with van der Waals surface area (Å²) in [4.78, 5) is 0. The Bertz CT molecular complexity index is 628. The van der Waals surface area contributed by atoms with Crippen LogP contribution in [0.2, 0.25) is 5.02 Å². The van der Waals surface area contributed by atoms with Crippen LogP contribution in [0.1, 0.15) is 50.7 Å². The summed E-state index contributed by atoms with van der Waals surface area (Å²) in [5.41, 5.74) is 2.61. The molecule has 0 unspecified atom stereocenters. The van der Waals surface area contributed by atoms with E-state index >= 15 is 0 Å². The first kappa shape index (κ1) is 15.6. The average Bonchev–Trinajstić information content (AvgIpc) is 3.09. The van der Waals surface area contributed by atoms with Gasteiger partial charge >= 0.3 is 0 Å². The SMILES string of the molecule is CN(c1cc(C2CC2)c(Cl)cc1C(C)(C)C)S(C)(=O)=O. The molecule has 0 heterocycles. The highest BCUT2D eigenvalue weighted by Crippen LogP contribution is 2.46. The van der Waals surface area contributed by atoms with Crippen LogP contribution < -0.4 is 4.31 Å². The molecule has 2 rings (SSSR count). The van der Waals surface area contributed by atoms with Gasteiger partial charge in [0.25, 0.3) is 0 Å². The molecule has 0 N–H and O–H groups in total. The molecule has 1 aromatic carbocycles. The second kappa shape index (κ2) is 4.92. The van der Waals surface area contributed by atoms with Gasteiger partial charge in [-0.05, 0) is 47.4 Å². The molecule has 0 aliphatic heterocycles. The van der Waals surface area contributed by atoms with Gasteiger partial charge in [0, 0.05) is 12.1 Å². The minimum absolute atomic E-state index is 0.167. The molecule has 0 bridgehead atoms. The third-order valence-electron chi connectivity index (χ3n) is 3.78. The molecule has 1 aromatic rings. The van der Waals surface area contributed by atoms with E-state index in [4.69, 9.17) is 11.6 Å². The van der Waals surface area contributed by atoms with Crippen LogP contribution >= 0.6 is 11.6 Å². The third kappa shape index (κ3) is 3.12. The van der Waals surface area contributed by atoms with Crippen molar-refractivity contribution in [3.8, 4) is 0 Å². The maximum Gasteiger partial charge on any atom is 0.232 e. The standard InChI is InChI=1S/C15H22ClNO2S/c1-15(2,3)12-9-13(16)11(10-6-7-10)8-14(12)17(4)20(5,18)19/h8-10H,6-7H2,1-5H3. The predicted molar refractivity (Wildman–Crippen MR) is 85.4 cm³/mol. The first-order valence-corrected chi connectivity index (χ1v) is 9.02. The zero-order valence-corrected chi connectivity index (χ0v) is 14.3. The Balaban J connectivity index is 2.65. The van der Waals surface area contributed by atoms with Crippen molar-refractivity contribution < 1.29 is 8.42 Å². The molecule has 0 atom stereocenters. The lowest BCUT2D eigenvalue weighted by atomic mass is 9.84. The maximum absolute atomic E-state index is 11.9. The van der Waals surface area contributed by atoms with Gasteiger partial charge in [-0.2, -0.15) is 0 Å². The van der Waals surface area contributed by atoms with Crippen LogP contribution in [0.4, 0.5) is 5.69 Å². The van der Waals surface area contributed by atoms with E-state index in [1.807, 2.05) is 12.1 Å². The fourth-order valence-electron chi connectivity index (χ4n) is 2.33. The number of halogens is 1. The molecule has 0 aromatic heterocycles. The van der Waals surface area contributed by atoms with Gasteiger partial charge < -0.3 is 0 Å². The molecule has 1 saturated carbocycles. The van der Waals surface area contributed by atoms with E-state index in [9.17, 15) is 8.42 Å². The highest BCUT2D eigenvalue weighted by molar-refractivity contribution is 7.92. The van der Waals surface area contributed by atoms with E-state index in [1.165, 1.54) is 10.6 Å². The van der Waals surface area contributed by atoms with Crippen LogP contribution in [0.25, 0.3) is 0 Å². The molecular formula is C15H22ClNO2S. The van der Waals surface area contributed by atoms with Gasteiger partial charge in [-0.25, -0.2) is 8.42 Å². The Hall–Kier alpha value is -0.740. The molecule has 1 aliphatic carbocycles. The highest BCUT2D eigenvalue weighted by atomic mass is 35.5. The Labute approximate surface area is 127 Å². The number of benzene rings is 1. The van der Waals surface area contributed by atoms with Gasteiger partial charge in [-0.1, -0.05) is 32.4 Å². The molecule has 20 heavy (non-hydrogen) atoms. The van der Waals surface area contributed by atoms with E-state index in [0.717, 1.165) is 34.7 Å². The number of rotatable bonds is 3. The minimum Gasteiger partial charge on any atom is -0.273 e. The number of hydrogen-bond acceptors (Lipinski definition) is 2. The highest BCUT2D eigenvalue weighted by Gasteiger charge is 2.30. The number of hydrogen-bond donors (Lipinski definition) is 0. The van der Waals surface area contributed by atoms with E-state index in [-0.39, 0.29) is 5.41 Å². The number of sulfonamides is 1. The molecular weight excluding hydrogens is 294 g/mol. The van der Waals surface area contributed by atoms with E-state index in [2.05, 4.69) is 20.8 Å². The first-order valence-electron chi connectivity index (χ1n) is 6.79. The summed E-state index contributed by atoms with van der Waals surface area (Å²) in [7, 11) is -1.68. The monoisotopic (exact) mass is 315 g/mol. The predicted octanol–water partition coefficient (Wildman–Crippen LogP) is 3.91. The molecule has 0 radical (unpaired) electrons. The lowest BCUT2D eigenvalue weighted by molar-refractivity contribution is 0.586. The van der Waals surface area contributed by atoms with Gasteiger partial charge in [-0.15, -0.1) is 0 Å². The van der Waals surface area contributed by atoms with E-state index < -0.39 is 10.0 Å². The summed E-state index contributed by atoms with van der Waals surface area (Å²) in [5.74, 6) is 0.489. The first-order chi connectivity index (χ1) is 9.01. The van der Waals surface area contributed by atoms with Crippen LogP contribution in [0.5, 0.6) is 0 Å². The third-order valence-corrected chi connectivity index (χ3v) is 5.30. The molecule has 0 saturated heterocycles. The molecule has 0 amide bonds. The molecule has 3 nitrogen and oxygen atoms in total. The van der Waals surface area contributed by atoms with Crippen molar-refractivity contribution in [1.82, 2.24) is 0 Å². The number of anilines is 1. The molecule has 5 heteroatoms. The summed E-state index contributed by atoms with van der Waals surface area (Å²) in [6.07, 6.45) is 3.50. The average molecular weight is 316 g/mol. The fraction of sp³-hybridized carbons (Fsp3) is 0.600. The summed E-state index contributed by atoms with van der Waals surface area (Å²) in [6, 6.07) is 3.90.